The van der Waals surface area contributed by atoms with Gasteiger partial charge >= 0.3 is 0 Å². The van der Waals surface area contributed by atoms with Gasteiger partial charge in [0.1, 0.15) is 11.6 Å². The second-order valence-corrected chi connectivity index (χ2v) is 4.19. The molecule has 2 rings (SSSR count). The molecule has 5 heteroatoms. The number of carbonyl (C=O) groups excluding carboxylic acids is 1. The quantitative estimate of drug-likeness (QED) is 0.772. The van der Waals surface area contributed by atoms with Crippen LogP contribution in [0, 0.1) is 5.82 Å². The Morgan fingerprint density at radius 2 is 2.00 bits per heavy atom. The molecule has 0 aliphatic carbocycles. The van der Waals surface area contributed by atoms with Crippen LogP contribution in [0.15, 0.2) is 18.2 Å². The smallest absolute Gasteiger partial charge is 0.256 e. The fourth-order valence-electron chi connectivity index (χ4n) is 1.92. The van der Waals surface area contributed by atoms with Gasteiger partial charge in [-0.05, 0) is 25.0 Å². The SMILES string of the molecule is O=C(c1ccc(O)cc1F)N1CCC(O)CC1. The number of carbonyl (C=O) groups is 1. The molecule has 1 aromatic rings. The van der Waals surface area contributed by atoms with Gasteiger partial charge in [0, 0.05) is 19.2 Å². The van der Waals surface area contributed by atoms with Gasteiger partial charge in [0.15, 0.2) is 0 Å². The Balaban J connectivity index is 2.14. The van der Waals surface area contributed by atoms with Gasteiger partial charge in [-0.3, -0.25) is 4.79 Å². The van der Waals surface area contributed by atoms with Crippen LogP contribution in [0.3, 0.4) is 0 Å². The Morgan fingerprint density at radius 3 is 2.59 bits per heavy atom. The molecule has 0 spiro atoms. The van der Waals surface area contributed by atoms with Crippen molar-refractivity contribution in [1.82, 2.24) is 4.90 Å². The van der Waals surface area contributed by atoms with Gasteiger partial charge in [-0.25, -0.2) is 4.39 Å². The average Bonchev–Trinajstić information content (AvgIpc) is 2.29. The molecule has 0 unspecified atom stereocenters. The van der Waals surface area contributed by atoms with Gasteiger partial charge in [-0.15, -0.1) is 0 Å². The Hall–Kier alpha value is -1.62. The highest BCUT2D eigenvalue weighted by atomic mass is 19.1. The number of aromatic hydroxyl groups is 1. The number of likely N-dealkylation sites (tertiary alicyclic amines) is 1. The van der Waals surface area contributed by atoms with E-state index in [0.29, 0.717) is 25.9 Å². The zero-order valence-electron chi connectivity index (χ0n) is 9.27. The Kier molecular flexibility index (Phi) is 3.28. The molecule has 1 saturated heterocycles. The number of rotatable bonds is 1. The molecule has 0 atom stereocenters. The molecule has 17 heavy (non-hydrogen) atoms. The fourth-order valence-corrected chi connectivity index (χ4v) is 1.92. The van der Waals surface area contributed by atoms with Crippen LogP contribution >= 0.6 is 0 Å². The summed E-state index contributed by atoms with van der Waals surface area (Å²) in [4.78, 5) is 13.5. The molecule has 1 amide bonds. The van der Waals surface area contributed by atoms with E-state index in [0.717, 1.165) is 6.07 Å². The maximum Gasteiger partial charge on any atom is 0.256 e. The molecular formula is C12H14FNO3. The number of aliphatic hydroxyl groups excluding tert-OH is 1. The van der Waals surface area contributed by atoms with Gasteiger partial charge in [0.2, 0.25) is 0 Å². The number of phenolic OH excluding ortho intramolecular Hbond substituents is 1. The van der Waals surface area contributed by atoms with E-state index < -0.39 is 11.7 Å². The zero-order valence-corrected chi connectivity index (χ0v) is 9.27. The van der Waals surface area contributed by atoms with Gasteiger partial charge in [0.05, 0.1) is 11.7 Å². The average molecular weight is 239 g/mol. The van der Waals surface area contributed by atoms with Gasteiger partial charge < -0.3 is 15.1 Å². The van der Waals surface area contributed by atoms with E-state index in [1.165, 1.54) is 17.0 Å². The first kappa shape index (κ1) is 11.9. The Morgan fingerprint density at radius 1 is 1.35 bits per heavy atom. The van der Waals surface area contributed by atoms with E-state index in [1.807, 2.05) is 0 Å². The predicted octanol–water partition coefficient (Wildman–Crippen LogP) is 1.13. The lowest BCUT2D eigenvalue weighted by Gasteiger charge is -2.29. The van der Waals surface area contributed by atoms with Crippen LogP contribution < -0.4 is 0 Å². The van der Waals surface area contributed by atoms with Crippen molar-refractivity contribution in [2.24, 2.45) is 0 Å². The number of hydrogen-bond donors (Lipinski definition) is 2. The fraction of sp³-hybridized carbons (Fsp3) is 0.417. The third-order valence-corrected chi connectivity index (χ3v) is 2.93. The molecule has 1 aliphatic heterocycles. The molecule has 2 N–H and O–H groups in total. The highest BCUT2D eigenvalue weighted by Gasteiger charge is 2.24. The first-order chi connectivity index (χ1) is 8.08. The molecule has 1 heterocycles. The van der Waals surface area contributed by atoms with Crippen molar-refractivity contribution >= 4 is 5.91 Å². The van der Waals surface area contributed by atoms with Crippen molar-refractivity contribution in [2.45, 2.75) is 18.9 Å². The normalized spacial score (nSPS) is 17.2. The van der Waals surface area contributed by atoms with E-state index in [1.54, 1.807) is 0 Å². The Labute approximate surface area is 98.3 Å². The van der Waals surface area contributed by atoms with Crippen LogP contribution in [-0.2, 0) is 0 Å². The summed E-state index contributed by atoms with van der Waals surface area (Å²) in [7, 11) is 0. The summed E-state index contributed by atoms with van der Waals surface area (Å²) in [5.41, 5.74) is -0.0424. The maximum absolute atomic E-state index is 13.5. The number of hydrogen-bond acceptors (Lipinski definition) is 3. The number of phenols is 1. The summed E-state index contributed by atoms with van der Waals surface area (Å²) >= 11 is 0. The number of benzene rings is 1. The van der Waals surface area contributed by atoms with Gasteiger partial charge in [-0.2, -0.15) is 0 Å². The van der Waals surface area contributed by atoms with Crippen molar-refractivity contribution < 1.29 is 19.4 Å². The third kappa shape index (κ3) is 2.55. The lowest BCUT2D eigenvalue weighted by molar-refractivity contribution is 0.0543. The highest BCUT2D eigenvalue weighted by molar-refractivity contribution is 5.94. The summed E-state index contributed by atoms with van der Waals surface area (Å²) < 4.78 is 13.5. The molecular weight excluding hydrogens is 225 g/mol. The van der Waals surface area contributed by atoms with Gasteiger partial charge in [-0.1, -0.05) is 0 Å². The summed E-state index contributed by atoms with van der Waals surface area (Å²) in [5, 5.41) is 18.4. The van der Waals surface area contributed by atoms with Crippen molar-refractivity contribution in [1.29, 1.82) is 0 Å². The second kappa shape index (κ2) is 4.71. The minimum atomic E-state index is -0.721. The van der Waals surface area contributed by atoms with Crippen LogP contribution in [0.25, 0.3) is 0 Å². The molecule has 0 radical (unpaired) electrons. The van der Waals surface area contributed by atoms with Crippen LogP contribution in [0.1, 0.15) is 23.2 Å². The molecule has 1 fully saturated rings. The van der Waals surface area contributed by atoms with E-state index >= 15 is 0 Å². The number of piperidine rings is 1. The molecule has 4 nitrogen and oxygen atoms in total. The predicted molar refractivity (Wildman–Crippen MR) is 59.2 cm³/mol. The Bertz CT molecular complexity index is 428. The standard InChI is InChI=1S/C12H14FNO3/c13-11-7-9(16)1-2-10(11)12(17)14-5-3-8(15)4-6-14/h1-2,7-8,15-16H,3-6H2. The number of nitrogens with zero attached hydrogens (tertiary/aromatic N) is 1. The third-order valence-electron chi connectivity index (χ3n) is 2.93. The van der Waals surface area contributed by atoms with E-state index in [4.69, 9.17) is 5.11 Å². The van der Waals surface area contributed by atoms with Crippen molar-refractivity contribution in [3.8, 4) is 5.75 Å². The topological polar surface area (TPSA) is 60.8 Å². The molecule has 92 valence electrons. The molecule has 1 aromatic carbocycles. The first-order valence-electron chi connectivity index (χ1n) is 5.54. The van der Waals surface area contributed by atoms with Crippen molar-refractivity contribution in [3.05, 3.63) is 29.6 Å². The van der Waals surface area contributed by atoms with Crippen LogP contribution in [0.5, 0.6) is 5.75 Å². The first-order valence-corrected chi connectivity index (χ1v) is 5.54. The minimum Gasteiger partial charge on any atom is -0.508 e. The van der Waals surface area contributed by atoms with E-state index in [2.05, 4.69) is 0 Å². The number of aliphatic hydroxyl groups is 1. The lowest BCUT2D eigenvalue weighted by Crippen LogP contribution is -2.40. The van der Waals surface area contributed by atoms with Crippen LogP contribution in [-0.4, -0.2) is 40.2 Å². The van der Waals surface area contributed by atoms with E-state index in [9.17, 15) is 14.3 Å². The number of halogens is 1. The minimum absolute atomic E-state index is 0.0424. The summed E-state index contributed by atoms with van der Waals surface area (Å²) in [6.07, 6.45) is 0.667. The van der Waals surface area contributed by atoms with Crippen LogP contribution in [0.2, 0.25) is 0 Å². The monoisotopic (exact) mass is 239 g/mol. The number of amides is 1. The van der Waals surface area contributed by atoms with Crippen molar-refractivity contribution in [3.63, 3.8) is 0 Å². The maximum atomic E-state index is 13.5. The zero-order chi connectivity index (χ0) is 12.4. The van der Waals surface area contributed by atoms with E-state index in [-0.39, 0.29) is 17.4 Å². The van der Waals surface area contributed by atoms with Crippen LogP contribution in [0.4, 0.5) is 4.39 Å². The summed E-state index contributed by atoms with van der Waals surface area (Å²) in [5.74, 6) is -1.32. The summed E-state index contributed by atoms with van der Waals surface area (Å²) in [6, 6.07) is 3.49. The molecule has 1 aliphatic rings. The lowest BCUT2D eigenvalue weighted by atomic mass is 10.1. The largest absolute Gasteiger partial charge is 0.508 e. The second-order valence-electron chi connectivity index (χ2n) is 4.19. The van der Waals surface area contributed by atoms with Gasteiger partial charge in [0.25, 0.3) is 5.91 Å². The molecule has 0 saturated carbocycles. The summed E-state index contributed by atoms with van der Waals surface area (Å²) in [6.45, 7) is 0.862. The molecule has 0 aromatic heterocycles. The van der Waals surface area contributed by atoms with Crippen molar-refractivity contribution in [2.75, 3.05) is 13.1 Å². The molecule has 0 bridgehead atoms. The highest BCUT2D eigenvalue weighted by Crippen LogP contribution is 2.19.